The largest absolute Gasteiger partial charge is 0.534 e. The van der Waals surface area contributed by atoms with Crippen molar-refractivity contribution < 1.29 is 30.5 Å². The molecule has 0 radical (unpaired) electrons. The first-order chi connectivity index (χ1) is 20.2. The molecule has 0 atom stereocenters. The van der Waals surface area contributed by atoms with Gasteiger partial charge in [0.2, 0.25) is 0 Å². The van der Waals surface area contributed by atoms with Crippen molar-refractivity contribution in [2.24, 2.45) is 0 Å². The van der Waals surface area contributed by atoms with Crippen molar-refractivity contribution in [3.05, 3.63) is 125 Å². The van der Waals surface area contributed by atoms with Crippen LogP contribution in [0.3, 0.4) is 0 Å². The Labute approximate surface area is 251 Å². The SMILES string of the molecule is CC.CCl.O=S(=O)(OC1=CC=C(C2=C(c3ccccc3)CCc3cc(OCc4ccccc4)ccc32)CC1)C(F)(F)F. The van der Waals surface area contributed by atoms with Crippen LogP contribution in [0.5, 0.6) is 5.75 Å². The second kappa shape index (κ2) is 15.1. The number of hydrogen-bond donors (Lipinski definition) is 0. The van der Waals surface area contributed by atoms with Gasteiger partial charge < -0.3 is 8.92 Å². The van der Waals surface area contributed by atoms with Gasteiger partial charge >= 0.3 is 15.6 Å². The summed E-state index contributed by atoms with van der Waals surface area (Å²) in [5.41, 5.74) is 1.91. The van der Waals surface area contributed by atoms with Crippen molar-refractivity contribution in [1.29, 1.82) is 0 Å². The molecule has 42 heavy (non-hydrogen) atoms. The molecule has 0 amide bonds. The number of aryl methyl sites for hydroxylation is 1. The van der Waals surface area contributed by atoms with E-state index in [9.17, 15) is 21.6 Å². The summed E-state index contributed by atoms with van der Waals surface area (Å²) < 4.78 is 71.6. The average molecular weight is 619 g/mol. The maximum Gasteiger partial charge on any atom is 0.534 e. The van der Waals surface area contributed by atoms with E-state index in [1.165, 1.54) is 12.5 Å². The van der Waals surface area contributed by atoms with Gasteiger partial charge in [-0.25, -0.2) is 0 Å². The van der Waals surface area contributed by atoms with Gasteiger partial charge in [0.15, 0.2) is 0 Å². The highest BCUT2D eigenvalue weighted by atomic mass is 35.5. The number of alkyl halides is 4. The number of allylic oxidation sites excluding steroid dienone is 6. The fraction of sp³-hybridized carbons (Fsp3) is 0.273. The Morgan fingerprint density at radius 2 is 1.45 bits per heavy atom. The maximum absolute atomic E-state index is 12.8. The lowest BCUT2D eigenvalue weighted by molar-refractivity contribution is -0.0523. The summed E-state index contributed by atoms with van der Waals surface area (Å²) in [6.45, 7) is 4.46. The Balaban J connectivity index is 0.00000116. The number of hydrogen-bond acceptors (Lipinski definition) is 4. The third kappa shape index (κ3) is 8.07. The van der Waals surface area contributed by atoms with Crippen molar-refractivity contribution in [2.75, 3.05) is 6.38 Å². The molecule has 9 heteroatoms. The minimum Gasteiger partial charge on any atom is -0.489 e. The van der Waals surface area contributed by atoms with Gasteiger partial charge in [0, 0.05) is 12.8 Å². The van der Waals surface area contributed by atoms with Gasteiger partial charge in [0.05, 0.1) is 0 Å². The zero-order chi connectivity index (χ0) is 30.8. The molecule has 5 rings (SSSR count). The van der Waals surface area contributed by atoms with Crippen molar-refractivity contribution in [2.45, 2.75) is 51.6 Å². The second-order valence-corrected chi connectivity index (χ2v) is 10.7. The fourth-order valence-electron chi connectivity index (χ4n) is 4.78. The van der Waals surface area contributed by atoms with E-state index in [0.29, 0.717) is 13.0 Å². The molecule has 0 heterocycles. The van der Waals surface area contributed by atoms with Crippen LogP contribution in [0.2, 0.25) is 0 Å². The van der Waals surface area contributed by atoms with E-state index in [0.717, 1.165) is 57.6 Å². The van der Waals surface area contributed by atoms with E-state index in [-0.39, 0.29) is 12.2 Å². The summed E-state index contributed by atoms with van der Waals surface area (Å²) in [7, 11) is -5.70. The summed E-state index contributed by atoms with van der Waals surface area (Å²) in [5, 5.41) is 0. The highest BCUT2D eigenvalue weighted by Gasteiger charge is 2.48. The molecule has 0 bridgehead atoms. The topological polar surface area (TPSA) is 52.6 Å². The number of ether oxygens (including phenoxy) is 1. The Kier molecular flexibility index (Phi) is 11.9. The molecule has 0 fully saturated rings. The number of rotatable bonds is 7. The third-order valence-electron chi connectivity index (χ3n) is 6.60. The predicted molar refractivity (Wildman–Crippen MR) is 163 cm³/mol. The highest BCUT2D eigenvalue weighted by Crippen LogP contribution is 2.44. The van der Waals surface area contributed by atoms with Crippen molar-refractivity contribution >= 4 is 32.9 Å². The first-order valence-electron chi connectivity index (χ1n) is 13.6. The molecule has 224 valence electrons. The van der Waals surface area contributed by atoms with Gasteiger partial charge in [-0.1, -0.05) is 86.7 Å². The molecule has 3 aromatic rings. The van der Waals surface area contributed by atoms with Crippen LogP contribution in [0.15, 0.2) is 102 Å². The third-order valence-corrected chi connectivity index (χ3v) is 7.60. The van der Waals surface area contributed by atoms with Gasteiger partial charge in [0.1, 0.15) is 18.1 Å². The Hall–Kier alpha value is -3.49. The summed E-state index contributed by atoms with van der Waals surface area (Å²) in [6.07, 6.45) is 6.44. The molecule has 0 spiro atoms. The Morgan fingerprint density at radius 1 is 0.810 bits per heavy atom. The summed E-state index contributed by atoms with van der Waals surface area (Å²) in [4.78, 5) is 0. The summed E-state index contributed by atoms with van der Waals surface area (Å²) in [5.74, 6) is 0.536. The molecular formula is C33H34ClF3O4S. The lowest BCUT2D eigenvalue weighted by Gasteiger charge is -2.28. The summed E-state index contributed by atoms with van der Waals surface area (Å²) in [6, 6.07) is 25.9. The zero-order valence-corrected chi connectivity index (χ0v) is 25.3. The van der Waals surface area contributed by atoms with Crippen molar-refractivity contribution in [1.82, 2.24) is 0 Å². The van der Waals surface area contributed by atoms with Crippen LogP contribution in [-0.2, 0) is 27.3 Å². The van der Waals surface area contributed by atoms with Crippen LogP contribution >= 0.6 is 11.6 Å². The van der Waals surface area contributed by atoms with Crippen LogP contribution in [0.4, 0.5) is 13.2 Å². The molecule has 3 aromatic carbocycles. The van der Waals surface area contributed by atoms with Crippen LogP contribution in [0.1, 0.15) is 55.4 Å². The van der Waals surface area contributed by atoms with Crippen LogP contribution in [0, 0.1) is 0 Å². The molecule has 4 nitrogen and oxygen atoms in total. The van der Waals surface area contributed by atoms with Gasteiger partial charge in [-0.2, -0.15) is 21.6 Å². The predicted octanol–water partition coefficient (Wildman–Crippen LogP) is 9.47. The van der Waals surface area contributed by atoms with E-state index in [4.69, 9.17) is 4.74 Å². The molecule has 0 saturated heterocycles. The quantitative estimate of drug-likeness (QED) is 0.150. The zero-order valence-electron chi connectivity index (χ0n) is 23.7. The molecular weight excluding hydrogens is 585 g/mol. The fourth-order valence-corrected chi connectivity index (χ4v) is 5.29. The number of fused-ring (bicyclic) bond motifs is 1. The molecule has 0 aliphatic heterocycles. The number of halogens is 4. The molecule has 0 unspecified atom stereocenters. The lowest BCUT2D eigenvalue weighted by Crippen LogP contribution is -2.25. The van der Waals surface area contributed by atoms with Crippen molar-refractivity contribution in [3.63, 3.8) is 0 Å². The van der Waals surface area contributed by atoms with Crippen LogP contribution < -0.4 is 4.74 Å². The van der Waals surface area contributed by atoms with E-state index in [2.05, 4.69) is 15.8 Å². The maximum atomic E-state index is 12.8. The molecule has 2 aliphatic rings. The monoisotopic (exact) mass is 618 g/mol. The minimum absolute atomic E-state index is 0.0420. The highest BCUT2D eigenvalue weighted by molar-refractivity contribution is 7.87. The van der Waals surface area contributed by atoms with Crippen molar-refractivity contribution in [3.8, 4) is 5.75 Å². The van der Waals surface area contributed by atoms with Gasteiger partial charge in [-0.3, -0.25) is 0 Å². The first kappa shape index (κ1) is 33.0. The van der Waals surface area contributed by atoms with Gasteiger partial charge in [0.25, 0.3) is 0 Å². The van der Waals surface area contributed by atoms with Crippen LogP contribution in [-0.4, -0.2) is 20.3 Å². The molecule has 0 aromatic heterocycles. The molecule has 2 aliphatic carbocycles. The normalized spacial score (nSPS) is 14.6. The van der Waals surface area contributed by atoms with Gasteiger partial charge in [-0.15, -0.1) is 11.6 Å². The van der Waals surface area contributed by atoms with Crippen LogP contribution in [0.25, 0.3) is 11.1 Å². The van der Waals surface area contributed by atoms with E-state index >= 15 is 0 Å². The Bertz CT molecular complexity index is 1530. The summed E-state index contributed by atoms with van der Waals surface area (Å²) >= 11 is 4.64. The Morgan fingerprint density at radius 3 is 2.05 bits per heavy atom. The number of benzene rings is 3. The first-order valence-corrected chi connectivity index (χ1v) is 15.7. The minimum atomic E-state index is -5.70. The molecule has 0 N–H and O–H groups in total. The van der Waals surface area contributed by atoms with E-state index < -0.39 is 15.6 Å². The standard InChI is InChI=1S/C30H25F3O4S.C2H6.CH3Cl/c31-30(32,33)38(34,35)37-25-14-11-23(12-15-25)29-27(22-9-5-2-6-10-22)17-13-24-19-26(16-18-28(24)29)36-20-21-7-3-1-4-8-21;2*1-2/h1-11,14,16,18-19H,12-13,15,17,20H2;1-2H3;1H3. The smallest absolute Gasteiger partial charge is 0.489 e. The molecule has 0 saturated carbocycles. The van der Waals surface area contributed by atoms with E-state index in [1.54, 1.807) is 6.08 Å². The lowest BCUT2D eigenvalue weighted by atomic mass is 9.77. The van der Waals surface area contributed by atoms with E-state index in [1.807, 2.05) is 92.7 Å². The average Bonchev–Trinajstić information content (AvgIpc) is 3.02. The van der Waals surface area contributed by atoms with Gasteiger partial charge in [-0.05, 0) is 76.4 Å². The second-order valence-electron chi connectivity index (χ2n) is 9.12.